The second-order valence-corrected chi connectivity index (χ2v) is 10.7. The fraction of sp³-hybridized carbons (Fsp3) is 0.250. The molecule has 14 heavy (non-hydrogen) atoms. The molecule has 2 atom stereocenters. The Morgan fingerprint density at radius 2 is 1.36 bits per heavy atom. The lowest BCUT2D eigenvalue weighted by atomic mass is 10.2. The maximum atomic E-state index is 3.58. The summed E-state index contributed by atoms with van der Waals surface area (Å²) in [6, 6.07) is 0. The zero-order chi connectivity index (χ0) is 9.97. The van der Waals surface area contributed by atoms with E-state index in [1.54, 1.807) is 0 Å². The van der Waals surface area contributed by atoms with Gasteiger partial charge in [-0.15, -0.1) is 54.1 Å². The molecule has 0 bridgehead atoms. The Kier molecular flexibility index (Phi) is 4.70. The van der Waals surface area contributed by atoms with Crippen LogP contribution in [0.25, 0.3) is 0 Å². The van der Waals surface area contributed by atoms with Gasteiger partial charge in [-0.1, -0.05) is 24.3 Å². The van der Waals surface area contributed by atoms with Gasteiger partial charge in [0, 0.05) is 10.5 Å². The van der Waals surface area contributed by atoms with E-state index in [0.717, 1.165) is 0 Å². The van der Waals surface area contributed by atoms with Crippen molar-refractivity contribution in [3.8, 4) is 0 Å². The van der Waals surface area contributed by atoms with E-state index in [2.05, 4.69) is 54.9 Å². The van der Waals surface area contributed by atoms with Crippen LogP contribution in [0.2, 0.25) is 0 Å². The molecule has 2 unspecified atom stereocenters. The van der Waals surface area contributed by atoms with Crippen molar-refractivity contribution in [3.05, 3.63) is 24.3 Å². The Morgan fingerprint density at radius 1 is 0.929 bits per heavy atom. The minimum absolute atomic E-state index is 0.322. The number of halogens is 2. The second-order valence-electron chi connectivity index (χ2n) is 2.91. The van der Waals surface area contributed by atoms with Crippen molar-refractivity contribution in [1.29, 1.82) is 0 Å². The zero-order valence-electron chi connectivity index (χ0n) is 7.19. The summed E-state index contributed by atoms with van der Waals surface area (Å²) in [5.41, 5.74) is 0. The van der Waals surface area contributed by atoms with Gasteiger partial charge in [0.1, 0.15) is 0 Å². The monoisotopic (exact) mass is 382 g/mol. The maximum absolute atomic E-state index is 3.58. The molecule has 0 aliphatic carbocycles. The van der Waals surface area contributed by atoms with E-state index < -0.39 is 0 Å². The van der Waals surface area contributed by atoms with Crippen LogP contribution in [-0.4, -0.2) is 35.0 Å². The topological polar surface area (TPSA) is 0 Å². The summed E-state index contributed by atoms with van der Waals surface area (Å²) in [6.45, 7) is 0. The molecule has 2 aliphatic heterocycles. The molecule has 0 aromatic carbocycles. The minimum atomic E-state index is 0.322. The maximum Gasteiger partial charge on any atom is 0.0937 e. The van der Waals surface area contributed by atoms with Gasteiger partial charge in [-0.2, -0.15) is 0 Å². The third kappa shape index (κ3) is 2.71. The quantitative estimate of drug-likeness (QED) is 0.502. The fourth-order valence-electron chi connectivity index (χ4n) is 1.33. The largest absolute Gasteiger partial charge is 0.122 e. The molecule has 2 heterocycles. The third-order valence-corrected chi connectivity index (χ3v) is 11.5. The van der Waals surface area contributed by atoms with Crippen LogP contribution in [0.15, 0.2) is 24.3 Å². The van der Waals surface area contributed by atoms with Gasteiger partial charge in [-0.3, -0.25) is 0 Å². The molecule has 0 N–H and O–H groups in total. The molecule has 0 spiro atoms. The van der Waals surface area contributed by atoms with E-state index in [1.165, 1.54) is 9.00 Å². The van der Waals surface area contributed by atoms with Crippen molar-refractivity contribution in [1.82, 2.24) is 0 Å². The third-order valence-electron chi connectivity index (χ3n) is 1.98. The normalized spacial score (nSPS) is 36.4. The summed E-state index contributed by atoms with van der Waals surface area (Å²) in [5.74, 6) is 0. The average Bonchev–Trinajstić information content (AvgIpc) is 2.86. The lowest BCUT2D eigenvalue weighted by Crippen LogP contribution is -2.12. The predicted molar refractivity (Wildman–Crippen MR) is 83.2 cm³/mol. The Balaban J connectivity index is 2.01. The van der Waals surface area contributed by atoms with Crippen LogP contribution in [0.4, 0.5) is 0 Å². The van der Waals surface area contributed by atoms with Gasteiger partial charge in [-0.05, 0) is 9.00 Å². The Hall–Kier alpha value is 1.31. The molecule has 0 fully saturated rings. The van der Waals surface area contributed by atoms with E-state index in [1.807, 2.05) is 23.5 Å². The van der Waals surface area contributed by atoms with Crippen molar-refractivity contribution in [2.75, 3.05) is 0 Å². The first-order valence-electron chi connectivity index (χ1n) is 4.14. The van der Waals surface area contributed by atoms with Crippen LogP contribution >= 0.6 is 54.1 Å². The van der Waals surface area contributed by atoms with E-state index in [-0.39, 0.29) is 0 Å². The number of rotatable bonds is 1. The minimum Gasteiger partial charge on any atom is -0.122 e. The number of thioether (sulfide) groups is 2. The Bertz CT molecular complexity index is 315. The molecular formula is C8H8Br2S2Si2. The molecule has 0 radical (unpaired) electrons. The first kappa shape index (κ1) is 11.8. The predicted octanol–water partition coefficient (Wildman–Crippen LogP) is 2.08. The summed E-state index contributed by atoms with van der Waals surface area (Å²) < 4.78 is 3.06. The molecule has 0 aromatic heterocycles. The average molecular weight is 384 g/mol. The molecule has 0 saturated heterocycles. The summed E-state index contributed by atoms with van der Waals surface area (Å²) >= 11 is 11.2. The highest BCUT2D eigenvalue weighted by Crippen LogP contribution is 2.35. The van der Waals surface area contributed by atoms with Gasteiger partial charge in [0.05, 0.1) is 15.5 Å². The molecule has 2 rings (SSSR count). The second kappa shape index (κ2) is 5.59. The van der Waals surface area contributed by atoms with Gasteiger partial charge in [0.2, 0.25) is 0 Å². The first-order chi connectivity index (χ1) is 6.83. The molecule has 0 saturated carbocycles. The van der Waals surface area contributed by atoms with Crippen LogP contribution in [0.5, 0.6) is 0 Å². The van der Waals surface area contributed by atoms with Gasteiger partial charge >= 0.3 is 0 Å². The SMILES string of the molecule is Br/[SiH]=C1/C=CC(C2C=C/C(=[SiH]/Br)S2)S1. The molecule has 0 amide bonds. The van der Waals surface area contributed by atoms with Gasteiger partial charge in [0.15, 0.2) is 0 Å². The van der Waals surface area contributed by atoms with Crippen molar-refractivity contribution in [3.63, 3.8) is 0 Å². The number of hydrogen-bond donors (Lipinski definition) is 0. The van der Waals surface area contributed by atoms with E-state index in [9.17, 15) is 0 Å². The van der Waals surface area contributed by atoms with Crippen LogP contribution in [0, 0.1) is 0 Å². The molecule has 2 aliphatic rings. The molecular weight excluding hydrogens is 376 g/mol. The van der Waals surface area contributed by atoms with Crippen molar-refractivity contribution >= 4 is 78.6 Å². The number of hydrogen-bond acceptors (Lipinski definition) is 2. The van der Waals surface area contributed by atoms with Crippen LogP contribution in [-0.2, 0) is 0 Å². The van der Waals surface area contributed by atoms with Crippen LogP contribution in [0.1, 0.15) is 0 Å². The van der Waals surface area contributed by atoms with Gasteiger partial charge in [0.25, 0.3) is 0 Å². The van der Waals surface area contributed by atoms with Crippen LogP contribution in [0.3, 0.4) is 0 Å². The highest BCUT2D eigenvalue weighted by atomic mass is 79.9. The summed E-state index contributed by atoms with van der Waals surface area (Å²) in [5, 5.41) is 1.32. The molecule has 0 nitrogen and oxygen atoms in total. The smallest absolute Gasteiger partial charge is 0.0937 e. The van der Waals surface area contributed by atoms with Crippen LogP contribution < -0.4 is 0 Å². The van der Waals surface area contributed by atoms with Gasteiger partial charge in [-0.25, -0.2) is 0 Å². The molecule has 6 heteroatoms. The Morgan fingerprint density at radius 3 is 1.64 bits per heavy atom. The lowest BCUT2D eigenvalue weighted by molar-refractivity contribution is 1.12. The Labute approximate surface area is 112 Å². The summed E-state index contributed by atoms with van der Waals surface area (Å²) in [7, 11) is 0.643. The van der Waals surface area contributed by atoms with Crippen molar-refractivity contribution in [2.24, 2.45) is 0 Å². The fourth-order valence-corrected chi connectivity index (χ4v) is 7.95. The molecule has 74 valence electrons. The highest BCUT2D eigenvalue weighted by Gasteiger charge is 2.25. The van der Waals surface area contributed by atoms with Gasteiger partial charge < -0.3 is 0 Å². The van der Waals surface area contributed by atoms with E-state index >= 15 is 0 Å². The van der Waals surface area contributed by atoms with Crippen molar-refractivity contribution < 1.29 is 0 Å². The lowest BCUT2D eigenvalue weighted by Gasteiger charge is -2.13. The van der Waals surface area contributed by atoms with E-state index in [0.29, 0.717) is 26.0 Å². The van der Waals surface area contributed by atoms with Crippen molar-refractivity contribution in [2.45, 2.75) is 10.5 Å². The molecule has 0 aromatic rings. The summed E-state index contributed by atoms with van der Waals surface area (Å²) in [6.07, 6.45) is 9.27. The summed E-state index contributed by atoms with van der Waals surface area (Å²) in [4.78, 5) is 0. The van der Waals surface area contributed by atoms with E-state index in [4.69, 9.17) is 0 Å². The zero-order valence-corrected chi connectivity index (χ0v) is 14.3. The first-order valence-corrected chi connectivity index (χ1v) is 13.4. The standard InChI is InChI=1S/C8H8Br2S2Si2/c9-13-7-3-1-5(11-7)6-2-4-8(12-6)14-10/h1-6,13-14H/b13-7-,14-8-. The highest BCUT2D eigenvalue weighted by molar-refractivity contribution is 9.23.